The van der Waals surface area contributed by atoms with Crippen molar-refractivity contribution >= 4 is 5.69 Å². The summed E-state index contributed by atoms with van der Waals surface area (Å²) in [5, 5.41) is 7.89. The van der Waals surface area contributed by atoms with Crippen LogP contribution in [0.15, 0.2) is 6.20 Å². The molecule has 0 amide bonds. The van der Waals surface area contributed by atoms with Crippen LogP contribution < -0.4 is 5.32 Å². The van der Waals surface area contributed by atoms with Crippen LogP contribution >= 0.6 is 0 Å². The van der Waals surface area contributed by atoms with Crippen LogP contribution in [0, 0.1) is 5.92 Å². The highest BCUT2D eigenvalue weighted by Crippen LogP contribution is 2.15. The van der Waals surface area contributed by atoms with E-state index in [0.29, 0.717) is 0 Å². The molecule has 0 aliphatic rings. The van der Waals surface area contributed by atoms with Crippen molar-refractivity contribution in [3.05, 3.63) is 11.9 Å². The Morgan fingerprint density at radius 1 is 1.47 bits per heavy atom. The monoisotopic (exact) mass is 209 g/mol. The average molecular weight is 209 g/mol. The summed E-state index contributed by atoms with van der Waals surface area (Å²) >= 11 is 0. The van der Waals surface area contributed by atoms with Gasteiger partial charge in [-0.25, -0.2) is 0 Å². The summed E-state index contributed by atoms with van der Waals surface area (Å²) < 4.78 is 1.88. The van der Waals surface area contributed by atoms with Crippen LogP contribution in [0.5, 0.6) is 0 Å². The zero-order valence-electron chi connectivity index (χ0n) is 10.4. The zero-order chi connectivity index (χ0) is 11.3. The molecule has 0 aliphatic carbocycles. The topological polar surface area (TPSA) is 29.9 Å². The summed E-state index contributed by atoms with van der Waals surface area (Å²) in [5.41, 5.74) is 2.36. The van der Waals surface area contributed by atoms with E-state index in [0.717, 1.165) is 18.9 Å². The van der Waals surface area contributed by atoms with Crippen LogP contribution in [-0.2, 0) is 13.5 Å². The van der Waals surface area contributed by atoms with E-state index in [1.54, 1.807) is 0 Å². The summed E-state index contributed by atoms with van der Waals surface area (Å²) in [7, 11) is 1.97. The number of aromatic nitrogens is 2. The quantitative estimate of drug-likeness (QED) is 0.780. The van der Waals surface area contributed by atoms with Crippen molar-refractivity contribution in [3.63, 3.8) is 0 Å². The molecule has 0 bridgehead atoms. The molecule has 1 N–H and O–H groups in total. The van der Waals surface area contributed by atoms with Crippen molar-refractivity contribution in [2.75, 3.05) is 11.9 Å². The zero-order valence-corrected chi connectivity index (χ0v) is 10.4. The predicted octanol–water partition coefficient (Wildman–Crippen LogP) is 2.83. The van der Waals surface area contributed by atoms with E-state index in [4.69, 9.17) is 0 Å². The van der Waals surface area contributed by atoms with Gasteiger partial charge in [0.25, 0.3) is 0 Å². The van der Waals surface area contributed by atoms with Gasteiger partial charge < -0.3 is 5.32 Å². The lowest BCUT2D eigenvalue weighted by molar-refractivity contribution is 0.550. The normalized spacial score (nSPS) is 12.8. The van der Waals surface area contributed by atoms with Gasteiger partial charge in [-0.2, -0.15) is 5.10 Å². The highest BCUT2D eigenvalue weighted by Gasteiger charge is 2.06. The third-order valence-electron chi connectivity index (χ3n) is 2.66. The highest BCUT2D eigenvalue weighted by atomic mass is 15.3. The molecular formula is C12H23N3. The van der Waals surface area contributed by atoms with Crippen LogP contribution in [0.25, 0.3) is 0 Å². The van der Waals surface area contributed by atoms with Gasteiger partial charge in [0.05, 0.1) is 11.4 Å². The molecule has 0 fully saturated rings. The van der Waals surface area contributed by atoms with Crippen molar-refractivity contribution in [1.82, 2.24) is 9.78 Å². The summed E-state index contributed by atoms with van der Waals surface area (Å²) in [5.74, 6) is 0.736. The molecule has 3 nitrogen and oxygen atoms in total. The molecular weight excluding hydrogens is 186 g/mol. The maximum Gasteiger partial charge on any atom is 0.0853 e. The molecule has 0 spiro atoms. The van der Waals surface area contributed by atoms with E-state index in [-0.39, 0.29) is 0 Å². The Morgan fingerprint density at radius 2 is 2.20 bits per heavy atom. The van der Waals surface area contributed by atoms with Gasteiger partial charge in [-0.3, -0.25) is 4.68 Å². The number of nitrogens with one attached hydrogen (secondary N) is 1. The average Bonchev–Trinajstić information content (AvgIpc) is 2.56. The Hall–Kier alpha value is -0.990. The minimum Gasteiger partial charge on any atom is -0.382 e. The van der Waals surface area contributed by atoms with Crippen LogP contribution in [0.4, 0.5) is 5.69 Å². The Kier molecular flexibility index (Phi) is 4.66. The van der Waals surface area contributed by atoms with Gasteiger partial charge in [0, 0.05) is 19.8 Å². The number of anilines is 1. The molecule has 0 saturated heterocycles. The predicted molar refractivity (Wildman–Crippen MR) is 65.1 cm³/mol. The van der Waals surface area contributed by atoms with Gasteiger partial charge in [-0.15, -0.1) is 0 Å². The fourth-order valence-corrected chi connectivity index (χ4v) is 1.82. The van der Waals surface area contributed by atoms with Crippen molar-refractivity contribution in [2.45, 2.75) is 40.0 Å². The maximum absolute atomic E-state index is 4.41. The molecule has 1 rings (SSSR count). The Morgan fingerprint density at radius 3 is 2.80 bits per heavy atom. The molecule has 1 heterocycles. The maximum atomic E-state index is 4.41. The van der Waals surface area contributed by atoms with Crippen LogP contribution in [0.3, 0.4) is 0 Å². The highest BCUT2D eigenvalue weighted by molar-refractivity contribution is 5.46. The van der Waals surface area contributed by atoms with E-state index in [2.05, 4.69) is 37.4 Å². The van der Waals surface area contributed by atoms with Gasteiger partial charge in [-0.05, 0) is 18.8 Å². The molecule has 0 aromatic carbocycles. The van der Waals surface area contributed by atoms with E-state index in [1.807, 2.05) is 11.7 Å². The molecule has 86 valence electrons. The van der Waals surface area contributed by atoms with Gasteiger partial charge in [-0.1, -0.05) is 27.2 Å². The smallest absolute Gasteiger partial charge is 0.0853 e. The summed E-state index contributed by atoms with van der Waals surface area (Å²) in [6, 6.07) is 0. The number of aryl methyl sites for hydroxylation is 2. The van der Waals surface area contributed by atoms with E-state index >= 15 is 0 Å². The van der Waals surface area contributed by atoms with Gasteiger partial charge in [0.2, 0.25) is 0 Å². The van der Waals surface area contributed by atoms with Crippen molar-refractivity contribution in [2.24, 2.45) is 13.0 Å². The first kappa shape index (κ1) is 12.1. The minimum absolute atomic E-state index is 0.736. The molecule has 0 radical (unpaired) electrons. The number of hydrogen-bond acceptors (Lipinski definition) is 2. The first-order valence-electron chi connectivity index (χ1n) is 5.93. The lowest BCUT2D eigenvalue weighted by Gasteiger charge is -2.11. The lowest BCUT2D eigenvalue weighted by Crippen LogP contribution is -2.11. The Labute approximate surface area is 92.9 Å². The van der Waals surface area contributed by atoms with Crippen molar-refractivity contribution in [3.8, 4) is 0 Å². The minimum atomic E-state index is 0.736. The van der Waals surface area contributed by atoms with E-state index in [1.165, 1.54) is 24.2 Å². The standard InChI is InChI=1S/C12H23N3/c1-5-7-10(3)8-13-12-9-15(4)14-11(12)6-2/h9-10,13H,5-8H2,1-4H3. The van der Waals surface area contributed by atoms with Crippen molar-refractivity contribution < 1.29 is 0 Å². The first-order chi connectivity index (χ1) is 7.17. The molecule has 3 heteroatoms. The van der Waals surface area contributed by atoms with Gasteiger partial charge in [0.15, 0.2) is 0 Å². The van der Waals surface area contributed by atoms with E-state index < -0.39 is 0 Å². The van der Waals surface area contributed by atoms with Crippen LogP contribution in [0.2, 0.25) is 0 Å². The SMILES string of the molecule is CCCC(C)CNc1cn(C)nc1CC. The second kappa shape index (κ2) is 5.79. The van der Waals surface area contributed by atoms with Crippen molar-refractivity contribution in [1.29, 1.82) is 0 Å². The molecule has 1 unspecified atom stereocenters. The molecule has 15 heavy (non-hydrogen) atoms. The number of hydrogen-bond donors (Lipinski definition) is 1. The Bertz CT molecular complexity index is 291. The second-order valence-corrected chi connectivity index (χ2v) is 4.29. The fraction of sp³-hybridized carbons (Fsp3) is 0.750. The van der Waals surface area contributed by atoms with Gasteiger partial charge in [0.1, 0.15) is 0 Å². The molecule has 1 aromatic heterocycles. The van der Waals surface area contributed by atoms with Crippen LogP contribution in [0.1, 0.15) is 39.3 Å². The molecule has 1 aromatic rings. The lowest BCUT2D eigenvalue weighted by atomic mass is 10.1. The number of rotatable bonds is 6. The van der Waals surface area contributed by atoms with Gasteiger partial charge >= 0.3 is 0 Å². The largest absolute Gasteiger partial charge is 0.382 e. The first-order valence-corrected chi connectivity index (χ1v) is 5.93. The van der Waals surface area contributed by atoms with E-state index in [9.17, 15) is 0 Å². The Balaban J connectivity index is 2.49. The number of nitrogens with zero attached hydrogens (tertiary/aromatic N) is 2. The second-order valence-electron chi connectivity index (χ2n) is 4.29. The summed E-state index contributed by atoms with van der Waals surface area (Å²) in [4.78, 5) is 0. The summed E-state index contributed by atoms with van der Waals surface area (Å²) in [6.45, 7) is 7.71. The molecule has 0 saturated carbocycles. The molecule has 0 aliphatic heterocycles. The van der Waals surface area contributed by atoms with Crippen LogP contribution in [-0.4, -0.2) is 16.3 Å². The molecule has 1 atom stereocenters. The third-order valence-corrected chi connectivity index (χ3v) is 2.66. The third kappa shape index (κ3) is 3.57. The summed E-state index contributed by atoms with van der Waals surface area (Å²) in [6.07, 6.45) is 5.61. The fourth-order valence-electron chi connectivity index (χ4n) is 1.82.